The van der Waals surface area contributed by atoms with Crippen molar-refractivity contribution in [2.24, 2.45) is 0 Å². The molecule has 17 heavy (non-hydrogen) atoms. The van der Waals surface area contributed by atoms with Crippen LogP contribution >= 0.6 is 0 Å². The fraction of sp³-hybridized carbons (Fsp3) is 0.364. The second-order valence-corrected chi connectivity index (χ2v) is 4.25. The number of rotatable bonds is 4. The molecule has 5 nitrogen and oxygen atoms in total. The van der Waals surface area contributed by atoms with Crippen LogP contribution in [0.3, 0.4) is 0 Å². The molecule has 0 bridgehead atoms. The number of hydrogen-bond donors (Lipinski definition) is 4. The number of carboxylic acids is 1. The topological polar surface area (TPSA) is 95.6 Å². The number of aliphatic hydroxyl groups is 1. The van der Waals surface area contributed by atoms with Crippen molar-refractivity contribution >= 4 is 17.3 Å². The normalized spacial score (nSPS) is 16.6. The van der Waals surface area contributed by atoms with E-state index in [2.05, 4.69) is 5.32 Å². The van der Waals surface area contributed by atoms with E-state index < -0.39 is 23.0 Å². The van der Waals surface area contributed by atoms with Crippen LogP contribution in [0.4, 0.5) is 15.8 Å². The summed E-state index contributed by atoms with van der Waals surface area (Å²) in [7, 11) is 0. The van der Waals surface area contributed by atoms with Crippen molar-refractivity contribution in [3.63, 3.8) is 0 Å². The van der Waals surface area contributed by atoms with E-state index in [1.807, 2.05) is 0 Å². The van der Waals surface area contributed by atoms with Crippen molar-refractivity contribution in [3.05, 3.63) is 23.5 Å². The zero-order chi connectivity index (χ0) is 12.6. The Morgan fingerprint density at radius 3 is 2.65 bits per heavy atom. The standard InChI is InChI=1S/C11H13FN2O3/c12-6-1-2-7(8(9(6)13)10(16)17)14-11(5-15)3-4-11/h1-2,14-15H,3-5,13H2,(H,16,17). The molecule has 0 radical (unpaired) electrons. The van der Waals surface area contributed by atoms with Crippen LogP contribution < -0.4 is 11.1 Å². The first-order valence-electron chi connectivity index (χ1n) is 5.19. The molecule has 0 unspecified atom stereocenters. The van der Waals surface area contributed by atoms with Crippen LogP contribution in [0.2, 0.25) is 0 Å². The van der Waals surface area contributed by atoms with Crippen LogP contribution in [-0.2, 0) is 0 Å². The second kappa shape index (κ2) is 3.89. The van der Waals surface area contributed by atoms with E-state index in [-0.39, 0.29) is 17.9 Å². The summed E-state index contributed by atoms with van der Waals surface area (Å²) in [6.45, 7) is -0.0939. The minimum Gasteiger partial charge on any atom is -0.478 e. The molecule has 0 spiro atoms. The number of anilines is 2. The van der Waals surface area contributed by atoms with Gasteiger partial charge in [-0.3, -0.25) is 0 Å². The lowest BCUT2D eigenvalue weighted by Crippen LogP contribution is -2.27. The van der Waals surface area contributed by atoms with Gasteiger partial charge in [-0.05, 0) is 25.0 Å². The molecule has 1 aromatic carbocycles. The number of carbonyl (C=O) groups is 1. The molecule has 1 saturated carbocycles. The highest BCUT2D eigenvalue weighted by Gasteiger charge is 2.42. The first kappa shape index (κ1) is 11.7. The summed E-state index contributed by atoms with van der Waals surface area (Å²) >= 11 is 0. The third kappa shape index (κ3) is 2.03. The molecule has 0 atom stereocenters. The van der Waals surface area contributed by atoms with Gasteiger partial charge in [0.2, 0.25) is 0 Å². The second-order valence-electron chi connectivity index (χ2n) is 4.25. The summed E-state index contributed by atoms with van der Waals surface area (Å²) in [4.78, 5) is 11.0. The molecule has 2 rings (SSSR count). The van der Waals surface area contributed by atoms with Gasteiger partial charge in [-0.15, -0.1) is 0 Å². The van der Waals surface area contributed by atoms with Crippen molar-refractivity contribution in [3.8, 4) is 0 Å². The predicted octanol–water partition coefficient (Wildman–Crippen LogP) is 1.04. The summed E-state index contributed by atoms with van der Waals surface area (Å²) in [5.74, 6) is -2.06. The van der Waals surface area contributed by atoms with Gasteiger partial charge < -0.3 is 21.3 Å². The average molecular weight is 240 g/mol. The highest BCUT2D eigenvalue weighted by molar-refractivity contribution is 6.00. The Morgan fingerprint density at radius 2 is 2.18 bits per heavy atom. The van der Waals surface area contributed by atoms with E-state index in [0.29, 0.717) is 0 Å². The number of aliphatic hydroxyl groups excluding tert-OH is 1. The van der Waals surface area contributed by atoms with Gasteiger partial charge in [-0.1, -0.05) is 0 Å². The van der Waals surface area contributed by atoms with Gasteiger partial charge in [0, 0.05) is 0 Å². The van der Waals surface area contributed by atoms with Crippen LogP contribution in [-0.4, -0.2) is 28.3 Å². The lowest BCUT2D eigenvalue weighted by Gasteiger charge is -2.18. The fourth-order valence-corrected chi connectivity index (χ4v) is 1.69. The number of hydrogen-bond acceptors (Lipinski definition) is 4. The Labute approximate surface area is 97.1 Å². The molecule has 5 N–H and O–H groups in total. The minimum atomic E-state index is -1.29. The number of carboxylic acid groups (broad SMARTS) is 1. The number of halogens is 1. The van der Waals surface area contributed by atoms with E-state index in [1.54, 1.807) is 0 Å². The van der Waals surface area contributed by atoms with Crippen molar-refractivity contribution in [2.45, 2.75) is 18.4 Å². The number of nitrogens with two attached hydrogens (primary N) is 1. The van der Waals surface area contributed by atoms with E-state index in [9.17, 15) is 9.18 Å². The molecule has 1 aliphatic carbocycles. The highest BCUT2D eigenvalue weighted by atomic mass is 19.1. The SMILES string of the molecule is Nc1c(F)ccc(NC2(CO)CC2)c1C(=O)O. The molecule has 0 saturated heterocycles. The van der Waals surface area contributed by atoms with Gasteiger partial charge >= 0.3 is 5.97 Å². The van der Waals surface area contributed by atoms with E-state index in [1.165, 1.54) is 6.07 Å². The van der Waals surface area contributed by atoms with Crippen LogP contribution in [0, 0.1) is 5.82 Å². The smallest absolute Gasteiger partial charge is 0.340 e. The molecule has 1 aromatic rings. The number of nitrogens with one attached hydrogen (secondary N) is 1. The molecule has 0 aromatic heterocycles. The lowest BCUT2D eigenvalue weighted by atomic mass is 10.1. The minimum absolute atomic E-state index is 0.0939. The van der Waals surface area contributed by atoms with Crippen LogP contribution in [0.5, 0.6) is 0 Å². The first-order valence-corrected chi connectivity index (χ1v) is 5.19. The van der Waals surface area contributed by atoms with Crippen molar-refractivity contribution < 1.29 is 19.4 Å². The third-order valence-electron chi connectivity index (χ3n) is 2.96. The number of benzene rings is 1. The van der Waals surface area contributed by atoms with Crippen molar-refractivity contribution in [1.82, 2.24) is 0 Å². The Hall–Kier alpha value is -1.82. The zero-order valence-corrected chi connectivity index (χ0v) is 9.03. The fourth-order valence-electron chi connectivity index (χ4n) is 1.69. The van der Waals surface area contributed by atoms with Crippen LogP contribution in [0.1, 0.15) is 23.2 Å². The van der Waals surface area contributed by atoms with Crippen molar-refractivity contribution in [1.29, 1.82) is 0 Å². The van der Waals surface area contributed by atoms with E-state index in [0.717, 1.165) is 18.9 Å². The highest BCUT2D eigenvalue weighted by Crippen LogP contribution is 2.40. The molecule has 0 amide bonds. The van der Waals surface area contributed by atoms with Crippen molar-refractivity contribution in [2.75, 3.05) is 17.7 Å². The maximum absolute atomic E-state index is 13.2. The first-order chi connectivity index (χ1) is 7.99. The maximum Gasteiger partial charge on any atom is 0.340 e. The van der Waals surface area contributed by atoms with Gasteiger partial charge in [0.15, 0.2) is 0 Å². The predicted molar refractivity (Wildman–Crippen MR) is 60.4 cm³/mol. The van der Waals surface area contributed by atoms with Crippen LogP contribution in [0.15, 0.2) is 12.1 Å². The van der Waals surface area contributed by atoms with Gasteiger partial charge in [-0.25, -0.2) is 9.18 Å². The molecular weight excluding hydrogens is 227 g/mol. The van der Waals surface area contributed by atoms with Gasteiger partial charge in [0.1, 0.15) is 11.4 Å². The van der Waals surface area contributed by atoms with Gasteiger partial charge in [-0.2, -0.15) is 0 Å². The summed E-state index contributed by atoms with van der Waals surface area (Å²) < 4.78 is 13.2. The lowest BCUT2D eigenvalue weighted by molar-refractivity contribution is 0.0698. The summed E-state index contributed by atoms with van der Waals surface area (Å²) in [6.07, 6.45) is 1.50. The monoisotopic (exact) mass is 240 g/mol. The molecule has 0 aliphatic heterocycles. The van der Waals surface area contributed by atoms with E-state index in [4.69, 9.17) is 15.9 Å². The number of aromatic carboxylic acids is 1. The average Bonchev–Trinajstić information content (AvgIpc) is 3.04. The molecule has 92 valence electrons. The molecule has 1 fully saturated rings. The Kier molecular flexibility index (Phi) is 2.66. The quantitative estimate of drug-likeness (QED) is 0.590. The number of nitrogen functional groups attached to an aromatic ring is 1. The Morgan fingerprint density at radius 1 is 1.53 bits per heavy atom. The van der Waals surface area contributed by atoms with Gasteiger partial charge in [0.25, 0.3) is 0 Å². The summed E-state index contributed by atoms with van der Waals surface area (Å²) in [5, 5.41) is 21.1. The van der Waals surface area contributed by atoms with Gasteiger partial charge in [0.05, 0.1) is 23.5 Å². The third-order valence-corrected chi connectivity index (χ3v) is 2.96. The molecule has 0 heterocycles. The van der Waals surface area contributed by atoms with Crippen LogP contribution in [0.25, 0.3) is 0 Å². The summed E-state index contributed by atoms with van der Waals surface area (Å²) in [5.41, 5.74) is 4.49. The zero-order valence-electron chi connectivity index (χ0n) is 9.03. The largest absolute Gasteiger partial charge is 0.478 e. The molecule has 6 heteroatoms. The Balaban J connectivity index is 2.40. The van der Waals surface area contributed by atoms with E-state index >= 15 is 0 Å². The molecule has 1 aliphatic rings. The molecular formula is C11H13FN2O3. The summed E-state index contributed by atoms with van der Waals surface area (Å²) in [6, 6.07) is 2.43. The maximum atomic E-state index is 13.2. The Bertz CT molecular complexity index is 472.